The Hall–Kier alpha value is -3.39. The van der Waals surface area contributed by atoms with Crippen LogP contribution in [0.5, 0.6) is 0 Å². The van der Waals surface area contributed by atoms with E-state index in [0.29, 0.717) is 41.5 Å². The molecule has 4 rings (SSSR count). The topological polar surface area (TPSA) is 105 Å². The summed E-state index contributed by atoms with van der Waals surface area (Å²) in [5.41, 5.74) is 1.47. The van der Waals surface area contributed by atoms with Crippen LogP contribution >= 0.6 is 11.8 Å². The maximum Gasteiger partial charge on any atom is 0.326 e. The number of carbonyl (C=O) groups excluding carboxylic acids is 3. The summed E-state index contributed by atoms with van der Waals surface area (Å²) in [5.74, 6) is -1.63. The standard InChI is InChI=1S/C25H23NO6S/c27-21(19-15-32-22-11-5-4-9-18(19)22)13-17(33-25(31)16-7-2-1-3-8-16)14-23(28)26-12-6-10-20(26)24(29)30/h1-5,7-9,11,15,17,20H,6,10,12-14H2,(H,29,30)/t17?,20-/m0/s1. The van der Waals surface area contributed by atoms with Crippen LogP contribution in [0.2, 0.25) is 0 Å². The molecule has 8 heteroatoms. The van der Waals surface area contributed by atoms with Crippen LogP contribution < -0.4 is 0 Å². The summed E-state index contributed by atoms with van der Waals surface area (Å²) in [5, 5.41) is 9.21. The first-order chi connectivity index (χ1) is 15.9. The summed E-state index contributed by atoms with van der Waals surface area (Å²) in [6, 6.07) is 15.0. The fourth-order valence-electron chi connectivity index (χ4n) is 4.09. The zero-order valence-electron chi connectivity index (χ0n) is 17.8. The number of fused-ring (bicyclic) bond motifs is 1. The molecule has 1 aliphatic rings. The molecular weight excluding hydrogens is 442 g/mol. The molecule has 1 saturated heterocycles. The zero-order chi connectivity index (χ0) is 23.4. The van der Waals surface area contributed by atoms with Crippen molar-refractivity contribution in [2.45, 2.75) is 37.0 Å². The van der Waals surface area contributed by atoms with E-state index in [2.05, 4.69) is 0 Å². The van der Waals surface area contributed by atoms with E-state index in [0.717, 1.165) is 11.8 Å². The molecule has 1 aromatic heterocycles. The van der Waals surface area contributed by atoms with Gasteiger partial charge in [0.2, 0.25) is 11.0 Å². The highest BCUT2D eigenvalue weighted by Gasteiger charge is 2.35. The van der Waals surface area contributed by atoms with Gasteiger partial charge in [-0.05, 0) is 18.9 Å². The van der Waals surface area contributed by atoms with Crippen molar-refractivity contribution in [1.29, 1.82) is 0 Å². The molecule has 0 bridgehead atoms. The van der Waals surface area contributed by atoms with Crippen LogP contribution in [0.15, 0.2) is 65.3 Å². The summed E-state index contributed by atoms with van der Waals surface area (Å²) >= 11 is 0.940. The quantitative estimate of drug-likeness (QED) is 0.491. The number of furan rings is 1. The predicted octanol–water partition coefficient (Wildman–Crippen LogP) is 4.41. The van der Waals surface area contributed by atoms with Gasteiger partial charge in [-0.15, -0.1) is 0 Å². The lowest BCUT2D eigenvalue weighted by Crippen LogP contribution is -2.41. The second-order valence-corrected chi connectivity index (χ2v) is 9.23. The van der Waals surface area contributed by atoms with Crippen LogP contribution in [0.1, 0.15) is 46.4 Å². The maximum atomic E-state index is 13.1. The lowest BCUT2D eigenvalue weighted by Gasteiger charge is -2.24. The molecule has 1 unspecified atom stereocenters. The molecule has 0 saturated carbocycles. The van der Waals surface area contributed by atoms with Crippen LogP contribution in [0.25, 0.3) is 11.0 Å². The van der Waals surface area contributed by atoms with E-state index in [9.17, 15) is 24.3 Å². The maximum absolute atomic E-state index is 13.1. The molecule has 3 aromatic rings. The molecule has 0 radical (unpaired) electrons. The van der Waals surface area contributed by atoms with Crippen molar-refractivity contribution in [3.8, 4) is 0 Å². The van der Waals surface area contributed by atoms with Gasteiger partial charge in [-0.25, -0.2) is 4.79 Å². The molecule has 1 aliphatic heterocycles. The van der Waals surface area contributed by atoms with E-state index < -0.39 is 17.3 Å². The Bertz CT molecular complexity index is 1190. The molecule has 7 nitrogen and oxygen atoms in total. The number of Topliss-reactive ketones (excluding diaryl/α,β-unsaturated/α-hetero) is 1. The van der Waals surface area contributed by atoms with E-state index in [4.69, 9.17) is 4.42 Å². The molecule has 0 spiro atoms. The van der Waals surface area contributed by atoms with Crippen molar-refractivity contribution in [3.05, 3.63) is 72.0 Å². The fourth-order valence-corrected chi connectivity index (χ4v) is 5.13. The van der Waals surface area contributed by atoms with Gasteiger partial charge in [0.15, 0.2) is 5.78 Å². The minimum Gasteiger partial charge on any atom is -0.480 e. The highest BCUT2D eigenvalue weighted by atomic mass is 32.2. The zero-order valence-corrected chi connectivity index (χ0v) is 18.6. The van der Waals surface area contributed by atoms with Crippen molar-refractivity contribution in [2.24, 2.45) is 0 Å². The van der Waals surface area contributed by atoms with Gasteiger partial charge in [0.25, 0.3) is 0 Å². The number of aliphatic carboxylic acids is 1. The van der Waals surface area contributed by atoms with E-state index in [-0.39, 0.29) is 29.6 Å². The molecular formula is C25H23NO6S. The summed E-state index contributed by atoms with van der Waals surface area (Å²) < 4.78 is 5.47. The number of rotatable bonds is 8. The van der Waals surface area contributed by atoms with Crippen LogP contribution in [-0.2, 0) is 9.59 Å². The van der Waals surface area contributed by atoms with Gasteiger partial charge in [0, 0.05) is 35.6 Å². The summed E-state index contributed by atoms with van der Waals surface area (Å²) in [7, 11) is 0. The number of ketones is 1. The van der Waals surface area contributed by atoms with E-state index in [1.807, 2.05) is 12.1 Å². The molecule has 2 atom stereocenters. The van der Waals surface area contributed by atoms with Gasteiger partial charge in [-0.2, -0.15) is 0 Å². The van der Waals surface area contributed by atoms with Gasteiger partial charge in [0.1, 0.15) is 17.9 Å². The average molecular weight is 466 g/mol. The summed E-state index contributed by atoms with van der Waals surface area (Å²) in [6.45, 7) is 0.361. The van der Waals surface area contributed by atoms with Crippen molar-refractivity contribution in [1.82, 2.24) is 4.90 Å². The van der Waals surface area contributed by atoms with Crippen LogP contribution in [0.4, 0.5) is 0 Å². The van der Waals surface area contributed by atoms with Crippen LogP contribution in [-0.4, -0.2) is 50.6 Å². The number of hydrogen-bond acceptors (Lipinski definition) is 6. The molecule has 0 aliphatic carbocycles. The van der Waals surface area contributed by atoms with Crippen molar-refractivity contribution >= 4 is 45.5 Å². The van der Waals surface area contributed by atoms with Crippen molar-refractivity contribution < 1.29 is 28.7 Å². The average Bonchev–Trinajstić information content (AvgIpc) is 3.47. The first kappa shape index (κ1) is 22.8. The highest BCUT2D eigenvalue weighted by Crippen LogP contribution is 2.29. The number of hydrogen-bond donors (Lipinski definition) is 1. The Labute approximate surface area is 194 Å². The molecule has 33 heavy (non-hydrogen) atoms. The largest absolute Gasteiger partial charge is 0.480 e. The van der Waals surface area contributed by atoms with Gasteiger partial charge < -0.3 is 14.4 Å². The minimum absolute atomic E-state index is 0.0515. The fraction of sp³-hybridized carbons (Fsp3) is 0.280. The Kier molecular flexibility index (Phi) is 6.93. The number of benzene rings is 2. The lowest BCUT2D eigenvalue weighted by molar-refractivity contribution is -0.148. The second kappa shape index (κ2) is 10.0. The Morgan fingerprint density at radius 1 is 1.03 bits per heavy atom. The van der Waals surface area contributed by atoms with Gasteiger partial charge in [-0.3, -0.25) is 14.4 Å². The predicted molar refractivity (Wildman–Crippen MR) is 124 cm³/mol. The minimum atomic E-state index is -1.04. The van der Waals surface area contributed by atoms with Gasteiger partial charge >= 0.3 is 5.97 Å². The monoisotopic (exact) mass is 465 g/mol. The number of likely N-dealkylation sites (tertiary alicyclic amines) is 1. The first-order valence-electron chi connectivity index (χ1n) is 10.7. The molecule has 2 heterocycles. The molecule has 1 amide bonds. The third-order valence-corrected chi connectivity index (χ3v) is 6.85. The van der Waals surface area contributed by atoms with Crippen LogP contribution in [0.3, 0.4) is 0 Å². The van der Waals surface area contributed by atoms with Crippen molar-refractivity contribution in [2.75, 3.05) is 6.54 Å². The van der Waals surface area contributed by atoms with Gasteiger partial charge in [0.05, 0.1) is 5.56 Å². The normalized spacial score (nSPS) is 16.6. The SMILES string of the molecule is O=C(SC(CC(=O)c1coc2ccccc12)CC(=O)N1CCC[C@H]1C(=O)O)c1ccccc1. The number of carbonyl (C=O) groups is 4. The molecule has 1 fully saturated rings. The number of thioether (sulfide) groups is 1. The number of carboxylic acids is 1. The molecule has 1 N–H and O–H groups in total. The number of amides is 1. The lowest BCUT2D eigenvalue weighted by atomic mass is 10.0. The van der Waals surface area contributed by atoms with E-state index >= 15 is 0 Å². The first-order valence-corrected chi connectivity index (χ1v) is 11.6. The third kappa shape index (κ3) is 5.17. The molecule has 170 valence electrons. The Morgan fingerprint density at radius 2 is 1.76 bits per heavy atom. The highest BCUT2D eigenvalue weighted by molar-refractivity contribution is 8.14. The summed E-state index contributed by atoms with van der Waals surface area (Å²) in [6.07, 6.45) is 2.26. The van der Waals surface area contributed by atoms with Crippen LogP contribution in [0, 0.1) is 0 Å². The van der Waals surface area contributed by atoms with E-state index in [1.54, 1.807) is 42.5 Å². The molecule has 2 aromatic carbocycles. The Balaban J connectivity index is 1.54. The smallest absolute Gasteiger partial charge is 0.326 e. The Morgan fingerprint density at radius 3 is 2.52 bits per heavy atom. The number of carboxylic acid groups (broad SMARTS) is 1. The third-order valence-electron chi connectivity index (χ3n) is 5.74. The number of nitrogens with zero attached hydrogens (tertiary/aromatic N) is 1. The van der Waals surface area contributed by atoms with E-state index in [1.165, 1.54) is 11.2 Å². The van der Waals surface area contributed by atoms with Gasteiger partial charge in [-0.1, -0.05) is 60.3 Å². The second-order valence-electron chi connectivity index (χ2n) is 7.95. The number of para-hydroxylation sites is 1. The summed E-state index contributed by atoms with van der Waals surface area (Å²) in [4.78, 5) is 51.8. The van der Waals surface area contributed by atoms with Crippen molar-refractivity contribution in [3.63, 3.8) is 0 Å².